The predicted molar refractivity (Wildman–Crippen MR) is 47.4 cm³/mol. The number of hydrogen-bond donors (Lipinski definition) is 0. The SMILES string of the molecule is CC/C=C/[Si](C)(C)CC. The summed E-state index contributed by atoms with van der Waals surface area (Å²) in [4.78, 5) is 0. The average Bonchev–Trinajstić information content (AvgIpc) is 1.84. The van der Waals surface area contributed by atoms with Crippen LogP contribution in [0, 0.1) is 0 Å². The average molecular weight is 142 g/mol. The van der Waals surface area contributed by atoms with Crippen molar-refractivity contribution in [3.8, 4) is 0 Å². The van der Waals surface area contributed by atoms with Gasteiger partial charge in [0, 0.05) is 0 Å². The van der Waals surface area contributed by atoms with E-state index in [0.717, 1.165) is 0 Å². The number of hydrogen-bond acceptors (Lipinski definition) is 0. The zero-order valence-electron chi connectivity index (χ0n) is 7.07. The smallest absolute Gasteiger partial charge is 0.0710 e. The maximum absolute atomic E-state index is 2.44. The summed E-state index contributed by atoms with van der Waals surface area (Å²) < 4.78 is 0. The molecule has 1 heteroatoms. The molecule has 9 heavy (non-hydrogen) atoms. The van der Waals surface area contributed by atoms with E-state index < -0.39 is 8.07 Å². The molecule has 0 atom stereocenters. The molecule has 0 nitrogen and oxygen atoms in total. The van der Waals surface area contributed by atoms with Crippen LogP contribution in [0.2, 0.25) is 19.1 Å². The van der Waals surface area contributed by atoms with Crippen LogP contribution in [-0.2, 0) is 0 Å². The standard InChI is InChI=1S/C8H18Si/c1-5-7-8-9(3,4)6-2/h7-8H,5-6H2,1-4H3/b8-7+. The molecular formula is C8H18Si. The van der Waals surface area contributed by atoms with E-state index >= 15 is 0 Å². The van der Waals surface area contributed by atoms with Gasteiger partial charge in [0.2, 0.25) is 0 Å². The van der Waals surface area contributed by atoms with Crippen molar-refractivity contribution in [2.45, 2.75) is 39.4 Å². The van der Waals surface area contributed by atoms with E-state index in [1.807, 2.05) is 0 Å². The van der Waals surface area contributed by atoms with Crippen molar-refractivity contribution in [2.75, 3.05) is 0 Å². The Balaban J connectivity index is 3.70. The van der Waals surface area contributed by atoms with E-state index in [-0.39, 0.29) is 0 Å². The Bertz CT molecular complexity index is 92.7. The van der Waals surface area contributed by atoms with Gasteiger partial charge in [0.1, 0.15) is 0 Å². The fraction of sp³-hybridized carbons (Fsp3) is 0.750. The molecule has 0 saturated carbocycles. The third-order valence-electron chi connectivity index (χ3n) is 1.72. The highest BCUT2D eigenvalue weighted by Gasteiger charge is 2.11. The Morgan fingerprint density at radius 1 is 1.22 bits per heavy atom. The summed E-state index contributed by atoms with van der Waals surface area (Å²) in [6.45, 7) is 9.28. The lowest BCUT2D eigenvalue weighted by Crippen LogP contribution is -2.19. The fourth-order valence-electron chi connectivity index (χ4n) is 0.555. The molecule has 0 aliphatic rings. The van der Waals surface area contributed by atoms with Crippen molar-refractivity contribution in [1.82, 2.24) is 0 Å². The molecule has 0 aromatic carbocycles. The van der Waals surface area contributed by atoms with E-state index in [2.05, 4.69) is 38.7 Å². The molecule has 0 spiro atoms. The highest BCUT2D eigenvalue weighted by Crippen LogP contribution is 2.09. The van der Waals surface area contributed by atoms with Crippen molar-refractivity contribution < 1.29 is 0 Å². The van der Waals surface area contributed by atoms with E-state index in [1.165, 1.54) is 12.5 Å². The van der Waals surface area contributed by atoms with Crippen molar-refractivity contribution in [2.24, 2.45) is 0 Å². The van der Waals surface area contributed by atoms with Gasteiger partial charge in [0.15, 0.2) is 0 Å². The molecule has 0 aromatic heterocycles. The molecule has 0 fully saturated rings. The summed E-state index contributed by atoms with van der Waals surface area (Å²) in [6, 6.07) is 1.36. The normalized spacial score (nSPS) is 12.9. The minimum Gasteiger partial charge on any atom is -0.0987 e. The van der Waals surface area contributed by atoms with Crippen LogP contribution < -0.4 is 0 Å². The van der Waals surface area contributed by atoms with Crippen LogP contribution in [0.25, 0.3) is 0 Å². The summed E-state index contributed by atoms with van der Waals surface area (Å²) >= 11 is 0. The molecule has 0 aliphatic carbocycles. The van der Waals surface area contributed by atoms with Crippen LogP contribution in [0.5, 0.6) is 0 Å². The second kappa shape index (κ2) is 3.88. The first kappa shape index (κ1) is 8.96. The molecule has 0 heterocycles. The molecule has 0 amide bonds. The number of allylic oxidation sites excluding steroid dienone is 1. The van der Waals surface area contributed by atoms with Gasteiger partial charge in [-0.25, -0.2) is 0 Å². The Kier molecular flexibility index (Phi) is 3.87. The minimum atomic E-state index is -0.879. The summed E-state index contributed by atoms with van der Waals surface area (Å²) in [5, 5.41) is 0. The lowest BCUT2D eigenvalue weighted by molar-refractivity contribution is 1.22. The monoisotopic (exact) mass is 142 g/mol. The second-order valence-corrected chi connectivity index (χ2v) is 8.17. The van der Waals surface area contributed by atoms with Gasteiger partial charge in [-0.05, 0) is 6.42 Å². The van der Waals surface area contributed by atoms with Crippen molar-refractivity contribution >= 4 is 8.07 Å². The van der Waals surface area contributed by atoms with Crippen molar-refractivity contribution in [3.05, 3.63) is 11.8 Å². The highest BCUT2D eigenvalue weighted by molar-refractivity contribution is 6.82. The summed E-state index contributed by atoms with van der Waals surface area (Å²) in [5.41, 5.74) is 2.44. The van der Waals surface area contributed by atoms with Gasteiger partial charge in [0.05, 0.1) is 8.07 Å². The molecule has 0 bridgehead atoms. The molecule has 0 N–H and O–H groups in total. The molecule has 0 aromatic rings. The van der Waals surface area contributed by atoms with E-state index in [9.17, 15) is 0 Å². The summed E-state index contributed by atoms with van der Waals surface area (Å²) in [5.74, 6) is 0. The summed E-state index contributed by atoms with van der Waals surface area (Å²) in [7, 11) is -0.879. The first-order valence-electron chi connectivity index (χ1n) is 3.80. The first-order chi connectivity index (χ1) is 4.12. The minimum absolute atomic E-state index is 0.879. The Hall–Kier alpha value is -0.0431. The first-order valence-corrected chi connectivity index (χ1v) is 7.08. The largest absolute Gasteiger partial charge is 0.0987 e. The van der Waals surface area contributed by atoms with Gasteiger partial charge in [-0.2, -0.15) is 0 Å². The number of rotatable bonds is 3. The van der Waals surface area contributed by atoms with Crippen LogP contribution in [0.3, 0.4) is 0 Å². The zero-order valence-corrected chi connectivity index (χ0v) is 8.07. The van der Waals surface area contributed by atoms with E-state index in [0.29, 0.717) is 0 Å². The Labute approximate surface area is 60.0 Å². The van der Waals surface area contributed by atoms with Gasteiger partial charge in [-0.15, -0.1) is 0 Å². The quantitative estimate of drug-likeness (QED) is 0.531. The zero-order chi connectivity index (χ0) is 7.33. The van der Waals surface area contributed by atoms with Crippen LogP contribution in [0.4, 0.5) is 0 Å². The van der Waals surface area contributed by atoms with Gasteiger partial charge in [-0.1, -0.05) is 44.8 Å². The molecular weight excluding hydrogens is 124 g/mol. The lowest BCUT2D eigenvalue weighted by Gasteiger charge is -2.13. The maximum Gasteiger partial charge on any atom is 0.0710 e. The molecule has 0 saturated heterocycles. The third kappa shape index (κ3) is 4.46. The maximum atomic E-state index is 2.44. The van der Waals surface area contributed by atoms with E-state index in [4.69, 9.17) is 0 Å². The highest BCUT2D eigenvalue weighted by atomic mass is 28.3. The fourth-order valence-corrected chi connectivity index (χ4v) is 1.66. The van der Waals surface area contributed by atoms with Crippen LogP contribution >= 0.6 is 0 Å². The van der Waals surface area contributed by atoms with Crippen LogP contribution in [-0.4, -0.2) is 8.07 Å². The third-order valence-corrected chi connectivity index (χ3v) is 4.68. The molecule has 0 unspecified atom stereocenters. The van der Waals surface area contributed by atoms with Crippen molar-refractivity contribution in [1.29, 1.82) is 0 Å². The van der Waals surface area contributed by atoms with Gasteiger partial charge in [0.25, 0.3) is 0 Å². The molecule has 54 valence electrons. The van der Waals surface area contributed by atoms with Crippen molar-refractivity contribution in [3.63, 3.8) is 0 Å². The lowest BCUT2D eigenvalue weighted by atomic mass is 10.5. The van der Waals surface area contributed by atoms with Gasteiger partial charge < -0.3 is 0 Å². The molecule has 0 rings (SSSR count). The van der Waals surface area contributed by atoms with E-state index in [1.54, 1.807) is 0 Å². The second-order valence-electron chi connectivity index (χ2n) is 3.15. The van der Waals surface area contributed by atoms with Crippen LogP contribution in [0.15, 0.2) is 11.8 Å². The predicted octanol–water partition coefficient (Wildman–Crippen LogP) is 3.22. The van der Waals surface area contributed by atoms with Gasteiger partial charge >= 0.3 is 0 Å². The molecule has 0 radical (unpaired) electrons. The molecule has 0 aliphatic heterocycles. The van der Waals surface area contributed by atoms with Gasteiger partial charge in [-0.3, -0.25) is 0 Å². The van der Waals surface area contributed by atoms with Crippen LogP contribution in [0.1, 0.15) is 20.3 Å². The summed E-state index contributed by atoms with van der Waals surface area (Å²) in [6.07, 6.45) is 3.49. The Morgan fingerprint density at radius 3 is 2.11 bits per heavy atom. The topological polar surface area (TPSA) is 0 Å². The Morgan fingerprint density at radius 2 is 1.78 bits per heavy atom.